The van der Waals surface area contributed by atoms with Crippen LogP contribution in [0.15, 0.2) is 72.0 Å². The van der Waals surface area contributed by atoms with E-state index in [2.05, 4.69) is 34.5 Å². The highest BCUT2D eigenvalue weighted by Crippen LogP contribution is 2.20. The first-order valence-electron chi connectivity index (χ1n) is 10.0. The predicted molar refractivity (Wildman–Crippen MR) is 118 cm³/mol. The van der Waals surface area contributed by atoms with Crippen LogP contribution in [0.25, 0.3) is 0 Å². The normalized spacial score (nSPS) is 12.3. The first-order valence-corrected chi connectivity index (χ1v) is 10.0. The second-order valence-electron chi connectivity index (χ2n) is 7.16. The van der Waals surface area contributed by atoms with Crippen LogP contribution in [0.5, 0.6) is 0 Å². The van der Waals surface area contributed by atoms with Gasteiger partial charge in [0, 0.05) is 23.6 Å². The standard InChI is InChI=1S/C24H24F2N4O/c1-3-16(2)18-4-7-20(8-5-18)29-24(28-15-17-10-12-27-13-11-17)30-23(31)19-6-9-21(25)22(26)14-19/h4-14,16H,3,15H2,1-2H3,(H2,28,29,30,31). The molecule has 2 aromatic carbocycles. The molecule has 0 saturated carbocycles. The molecule has 0 spiro atoms. The largest absolute Gasteiger partial charge is 0.326 e. The van der Waals surface area contributed by atoms with Crippen LogP contribution in [-0.2, 0) is 6.54 Å². The van der Waals surface area contributed by atoms with E-state index < -0.39 is 17.5 Å². The number of pyridine rings is 1. The van der Waals surface area contributed by atoms with E-state index >= 15 is 0 Å². The minimum absolute atomic E-state index is 0.00979. The number of amides is 1. The summed E-state index contributed by atoms with van der Waals surface area (Å²) in [4.78, 5) is 21.0. The minimum atomic E-state index is -1.09. The van der Waals surface area contributed by atoms with E-state index in [4.69, 9.17) is 0 Å². The van der Waals surface area contributed by atoms with Gasteiger partial charge in [0.15, 0.2) is 11.6 Å². The maximum atomic E-state index is 13.5. The van der Waals surface area contributed by atoms with Gasteiger partial charge >= 0.3 is 0 Å². The van der Waals surface area contributed by atoms with Crippen molar-refractivity contribution in [3.63, 3.8) is 0 Å². The van der Waals surface area contributed by atoms with Gasteiger partial charge in [0.05, 0.1) is 6.54 Å². The Hall–Kier alpha value is -3.61. The van der Waals surface area contributed by atoms with Gasteiger partial charge in [-0.3, -0.25) is 15.1 Å². The lowest BCUT2D eigenvalue weighted by Gasteiger charge is -2.14. The summed E-state index contributed by atoms with van der Waals surface area (Å²) in [6.45, 7) is 4.59. The third kappa shape index (κ3) is 6.18. The fourth-order valence-electron chi connectivity index (χ4n) is 2.85. The molecule has 2 N–H and O–H groups in total. The topological polar surface area (TPSA) is 66.4 Å². The Bertz CT molecular complexity index is 1050. The molecule has 1 atom stereocenters. The van der Waals surface area contributed by atoms with Crippen LogP contribution in [0.1, 0.15) is 47.7 Å². The Morgan fingerprint density at radius 2 is 1.74 bits per heavy atom. The third-order valence-electron chi connectivity index (χ3n) is 4.94. The van der Waals surface area contributed by atoms with Crippen molar-refractivity contribution in [1.82, 2.24) is 10.3 Å². The van der Waals surface area contributed by atoms with Crippen molar-refractivity contribution in [2.45, 2.75) is 32.7 Å². The van der Waals surface area contributed by atoms with Crippen molar-refractivity contribution in [3.05, 3.63) is 95.3 Å². The number of nitrogens with one attached hydrogen (secondary N) is 2. The van der Waals surface area contributed by atoms with Gasteiger partial charge in [-0.15, -0.1) is 0 Å². The first-order chi connectivity index (χ1) is 15.0. The molecule has 0 aliphatic carbocycles. The first kappa shape index (κ1) is 22.1. The Morgan fingerprint density at radius 3 is 2.39 bits per heavy atom. The molecule has 0 radical (unpaired) electrons. The second-order valence-corrected chi connectivity index (χ2v) is 7.16. The number of rotatable bonds is 6. The predicted octanol–water partition coefficient (Wildman–Crippen LogP) is 5.27. The Morgan fingerprint density at radius 1 is 1.03 bits per heavy atom. The van der Waals surface area contributed by atoms with Crippen LogP contribution < -0.4 is 10.6 Å². The molecule has 0 saturated heterocycles. The summed E-state index contributed by atoms with van der Waals surface area (Å²) in [5.74, 6) is -2.06. The molecular formula is C24H24F2N4O. The number of nitrogens with zero attached hydrogens (tertiary/aromatic N) is 2. The van der Waals surface area contributed by atoms with Crippen LogP contribution in [0.2, 0.25) is 0 Å². The van der Waals surface area contributed by atoms with E-state index in [-0.39, 0.29) is 11.5 Å². The quantitative estimate of drug-likeness (QED) is 0.420. The molecule has 7 heteroatoms. The summed E-state index contributed by atoms with van der Waals surface area (Å²) < 4.78 is 26.7. The second kappa shape index (κ2) is 10.4. The highest BCUT2D eigenvalue weighted by Gasteiger charge is 2.13. The molecule has 0 aliphatic heterocycles. The van der Waals surface area contributed by atoms with Crippen molar-refractivity contribution < 1.29 is 13.6 Å². The van der Waals surface area contributed by atoms with E-state index in [9.17, 15) is 13.6 Å². The molecule has 3 rings (SSSR count). The molecule has 0 aliphatic rings. The van der Waals surface area contributed by atoms with Gasteiger partial charge in [-0.25, -0.2) is 13.8 Å². The lowest BCUT2D eigenvalue weighted by atomic mass is 9.99. The third-order valence-corrected chi connectivity index (χ3v) is 4.94. The molecule has 3 aromatic rings. The van der Waals surface area contributed by atoms with Crippen molar-refractivity contribution in [3.8, 4) is 0 Å². The number of halogens is 2. The van der Waals surface area contributed by atoms with Crippen LogP contribution >= 0.6 is 0 Å². The van der Waals surface area contributed by atoms with Crippen LogP contribution in [0.3, 0.4) is 0 Å². The molecular weight excluding hydrogens is 398 g/mol. The van der Waals surface area contributed by atoms with Crippen molar-refractivity contribution >= 4 is 17.6 Å². The van der Waals surface area contributed by atoms with Crippen LogP contribution in [0.4, 0.5) is 14.5 Å². The highest BCUT2D eigenvalue weighted by atomic mass is 19.2. The fraction of sp³-hybridized carbons (Fsp3) is 0.208. The fourth-order valence-corrected chi connectivity index (χ4v) is 2.85. The minimum Gasteiger partial charge on any atom is -0.326 e. The van der Waals surface area contributed by atoms with E-state index in [0.717, 1.165) is 29.8 Å². The lowest BCUT2D eigenvalue weighted by molar-refractivity contribution is 0.0976. The van der Waals surface area contributed by atoms with Crippen molar-refractivity contribution in [2.75, 3.05) is 5.32 Å². The summed E-state index contributed by atoms with van der Waals surface area (Å²) in [5, 5.41) is 5.74. The average Bonchev–Trinajstić information content (AvgIpc) is 2.79. The summed E-state index contributed by atoms with van der Waals surface area (Å²) in [7, 11) is 0. The molecule has 160 valence electrons. The molecule has 1 unspecified atom stereocenters. The lowest BCUT2D eigenvalue weighted by Crippen LogP contribution is -2.36. The van der Waals surface area contributed by atoms with E-state index in [1.165, 1.54) is 11.6 Å². The van der Waals surface area contributed by atoms with Crippen LogP contribution in [-0.4, -0.2) is 16.9 Å². The van der Waals surface area contributed by atoms with Gasteiger partial charge in [-0.2, -0.15) is 0 Å². The van der Waals surface area contributed by atoms with Gasteiger partial charge < -0.3 is 5.32 Å². The van der Waals surface area contributed by atoms with Crippen LogP contribution in [0, 0.1) is 11.6 Å². The van der Waals surface area contributed by atoms with Gasteiger partial charge in [0.25, 0.3) is 5.91 Å². The number of carbonyl (C=O) groups is 1. The molecule has 1 amide bonds. The zero-order chi connectivity index (χ0) is 22.2. The number of carbonyl (C=O) groups excluding carboxylic acids is 1. The Kier molecular flexibility index (Phi) is 7.43. The summed E-state index contributed by atoms with van der Waals surface area (Å²) in [6.07, 6.45) is 4.35. The van der Waals surface area contributed by atoms with Gasteiger partial charge in [0.2, 0.25) is 5.96 Å². The van der Waals surface area contributed by atoms with Crippen molar-refractivity contribution in [1.29, 1.82) is 0 Å². The molecule has 1 aromatic heterocycles. The zero-order valence-electron chi connectivity index (χ0n) is 17.4. The summed E-state index contributed by atoms with van der Waals surface area (Å²) >= 11 is 0. The number of hydrogen-bond donors (Lipinski definition) is 2. The van der Waals surface area contributed by atoms with Crippen molar-refractivity contribution in [2.24, 2.45) is 4.99 Å². The number of guanidine groups is 1. The van der Waals surface area contributed by atoms with Gasteiger partial charge in [-0.1, -0.05) is 26.0 Å². The monoisotopic (exact) mass is 422 g/mol. The van der Waals surface area contributed by atoms with Gasteiger partial charge in [0.1, 0.15) is 0 Å². The summed E-state index contributed by atoms with van der Waals surface area (Å²) in [5.41, 5.74) is 2.85. The Balaban J connectivity index is 1.80. The highest BCUT2D eigenvalue weighted by molar-refractivity contribution is 6.09. The molecule has 31 heavy (non-hydrogen) atoms. The SMILES string of the molecule is CCC(C)c1ccc(NC(=NCc2ccncc2)NC(=O)c2ccc(F)c(F)c2)cc1. The number of aromatic nitrogens is 1. The molecule has 0 bridgehead atoms. The molecule has 1 heterocycles. The Labute approximate surface area is 180 Å². The maximum absolute atomic E-state index is 13.5. The summed E-state index contributed by atoms with van der Waals surface area (Å²) in [6, 6.07) is 14.5. The number of hydrogen-bond acceptors (Lipinski definition) is 3. The van der Waals surface area contributed by atoms with Gasteiger partial charge in [-0.05, 0) is 65.9 Å². The molecule has 0 fully saturated rings. The number of anilines is 1. The average molecular weight is 422 g/mol. The number of benzene rings is 2. The van der Waals surface area contributed by atoms with E-state index in [1.54, 1.807) is 12.4 Å². The smallest absolute Gasteiger partial charge is 0.258 e. The number of aliphatic imine (C=N–C) groups is 1. The zero-order valence-corrected chi connectivity index (χ0v) is 17.4. The maximum Gasteiger partial charge on any atom is 0.258 e. The van der Waals surface area contributed by atoms with E-state index in [0.29, 0.717) is 12.5 Å². The molecule has 5 nitrogen and oxygen atoms in total. The van der Waals surface area contributed by atoms with E-state index in [1.807, 2.05) is 36.4 Å².